The lowest BCUT2D eigenvalue weighted by atomic mass is 10.1. The average molecular weight is 375 g/mol. The molecular weight excluding hydrogens is 358 g/mol. The number of nitrogens with zero attached hydrogens (tertiary/aromatic N) is 4. The van der Waals surface area contributed by atoms with E-state index in [-0.39, 0.29) is 23.7 Å². The summed E-state index contributed by atoms with van der Waals surface area (Å²) in [6.07, 6.45) is 4.84. The molecule has 140 valence electrons. The van der Waals surface area contributed by atoms with Gasteiger partial charge in [-0.25, -0.2) is 14.7 Å². The number of hydrogen-bond acceptors (Lipinski definition) is 4. The van der Waals surface area contributed by atoms with Crippen LogP contribution in [-0.2, 0) is 13.2 Å². The number of urea groups is 1. The molecule has 4 rings (SSSR count). The van der Waals surface area contributed by atoms with Gasteiger partial charge < -0.3 is 15.2 Å². The van der Waals surface area contributed by atoms with E-state index in [9.17, 15) is 14.4 Å². The van der Waals surface area contributed by atoms with Gasteiger partial charge in [-0.15, -0.1) is 0 Å². The maximum Gasteiger partial charge on any atom is 0.332 e. The molecule has 8 heteroatoms. The van der Waals surface area contributed by atoms with Crippen LogP contribution in [-0.4, -0.2) is 26.4 Å². The first-order valence-corrected chi connectivity index (χ1v) is 8.62. The summed E-state index contributed by atoms with van der Waals surface area (Å²) >= 11 is 0. The number of carbonyl (C=O) groups excluding carboxylic acids is 2. The molecule has 0 spiro atoms. The van der Waals surface area contributed by atoms with E-state index in [0.29, 0.717) is 18.1 Å². The molecule has 3 amide bonds. The maximum atomic E-state index is 13.3. The van der Waals surface area contributed by atoms with E-state index in [1.165, 1.54) is 17.0 Å². The van der Waals surface area contributed by atoms with Crippen LogP contribution >= 0.6 is 0 Å². The van der Waals surface area contributed by atoms with Crippen molar-refractivity contribution in [2.45, 2.75) is 13.2 Å². The van der Waals surface area contributed by atoms with E-state index in [4.69, 9.17) is 5.73 Å². The number of primary amides is 1. The van der Waals surface area contributed by atoms with Crippen LogP contribution in [0.3, 0.4) is 0 Å². The van der Waals surface area contributed by atoms with E-state index >= 15 is 0 Å². The summed E-state index contributed by atoms with van der Waals surface area (Å²) in [5.74, 6) is -0.157. The highest BCUT2D eigenvalue weighted by molar-refractivity contribution is 6.07. The standard InChI is InChI=1S/C20H17N5O3/c21-18(27)16-5-1-2-6-17(16)25-19-14(4-3-9-22-19)12-24(20(25)28)13-23-10-7-15(26)8-11-23/h1-11H,12-13H2,(H2,21,27). The number of para-hydroxylation sites is 1. The minimum atomic E-state index is -0.626. The lowest BCUT2D eigenvalue weighted by Crippen LogP contribution is -2.46. The third kappa shape index (κ3) is 3.11. The second-order valence-electron chi connectivity index (χ2n) is 6.37. The van der Waals surface area contributed by atoms with Gasteiger partial charge in [0.05, 0.1) is 24.5 Å². The predicted octanol–water partition coefficient (Wildman–Crippen LogP) is 2.07. The minimum Gasteiger partial charge on any atom is -0.366 e. The van der Waals surface area contributed by atoms with Crippen LogP contribution < -0.4 is 16.1 Å². The molecule has 0 saturated carbocycles. The number of fused-ring (bicyclic) bond motifs is 1. The van der Waals surface area contributed by atoms with Gasteiger partial charge >= 0.3 is 6.03 Å². The number of amides is 3. The molecular formula is C20H17N5O3. The van der Waals surface area contributed by atoms with Crippen molar-refractivity contribution in [2.24, 2.45) is 5.73 Å². The van der Waals surface area contributed by atoms with Gasteiger partial charge in [0.2, 0.25) is 0 Å². The molecule has 0 radical (unpaired) electrons. The number of carbonyl (C=O) groups is 2. The topological polar surface area (TPSA) is 102 Å². The molecule has 8 nitrogen and oxygen atoms in total. The summed E-state index contributed by atoms with van der Waals surface area (Å²) in [6, 6.07) is 12.9. The molecule has 0 saturated heterocycles. The van der Waals surface area contributed by atoms with E-state index in [2.05, 4.69) is 4.98 Å². The SMILES string of the molecule is NC(=O)c1ccccc1N1C(=O)N(Cn2ccc(=O)cc2)Cc2cccnc21. The van der Waals surface area contributed by atoms with Gasteiger partial charge in [0.1, 0.15) is 5.82 Å². The first-order chi connectivity index (χ1) is 13.5. The first kappa shape index (κ1) is 17.5. The molecule has 0 atom stereocenters. The van der Waals surface area contributed by atoms with Crippen LogP contribution in [0.1, 0.15) is 15.9 Å². The number of rotatable bonds is 4. The summed E-state index contributed by atoms with van der Waals surface area (Å²) in [5, 5.41) is 0. The Hall–Kier alpha value is -3.94. The molecule has 0 unspecified atom stereocenters. The Morgan fingerprint density at radius 1 is 1.04 bits per heavy atom. The third-order valence-electron chi connectivity index (χ3n) is 4.51. The molecule has 2 aromatic heterocycles. The van der Waals surface area contributed by atoms with E-state index in [1.54, 1.807) is 58.4 Å². The van der Waals surface area contributed by atoms with Crippen LogP contribution in [0.15, 0.2) is 71.9 Å². The van der Waals surface area contributed by atoms with Crippen LogP contribution in [0.25, 0.3) is 0 Å². The molecule has 0 aliphatic carbocycles. The van der Waals surface area contributed by atoms with Crippen LogP contribution in [0.2, 0.25) is 0 Å². The summed E-state index contributed by atoms with van der Waals surface area (Å²) in [7, 11) is 0. The van der Waals surface area contributed by atoms with Crippen molar-refractivity contribution in [3.8, 4) is 0 Å². The van der Waals surface area contributed by atoms with Crippen molar-refractivity contribution in [1.82, 2.24) is 14.5 Å². The van der Waals surface area contributed by atoms with Gasteiger partial charge in [0.25, 0.3) is 5.91 Å². The fourth-order valence-corrected chi connectivity index (χ4v) is 3.20. The normalized spacial score (nSPS) is 13.4. The van der Waals surface area contributed by atoms with Gasteiger partial charge in [0, 0.05) is 36.3 Å². The Morgan fingerprint density at radius 3 is 2.54 bits per heavy atom. The number of anilines is 2. The van der Waals surface area contributed by atoms with Gasteiger partial charge in [-0.2, -0.15) is 0 Å². The van der Waals surface area contributed by atoms with Crippen molar-refractivity contribution in [3.05, 3.63) is 88.5 Å². The van der Waals surface area contributed by atoms with Gasteiger partial charge in [-0.05, 0) is 18.2 Å². The van der Waals surface area contributed by atoms with Crippen LogP contribution in [0, 0.1) is 0 Å². The number of aromatic nitrogens is 2. The zero-order valence-electron chi connectivity index (χ0n) is 14.9. The van der Waals surface area contributed by atoms with Crippen molar-refractivity contribution in [3.63, 3.8) is 0 Å². The lowest BCUT2D eigenvalue weighted by molar-refractivity contribution is 0.100. The van der Waals surface area contributed by atoms with Crippen LogP contribution in [0.5, 0.6) is 0 Å². The number of benzene rings is 1. The van der Waals surface area contributed by atoms with Gasteiger partial charge in [-0.3, -0.25) is 9.59 Å². The smallest absolute Gasteiger partial charge is 0.332 e. The fraction of sp³-hybridized carbons (Fsp3) is 0.100. The fourth-order valence-electron chi connectivity index (χ4n) is 3.20. The molecule has 28 heavy (non-hydrogen) atoms. The van der Waals surface area contributed by atoms with Crippen LogP contribution in [0.4, 0.5) is 16.3 Å². The summed E-state index contributed by atoms with van der Waals surface area (Å²) < 4.78 is 1.73. The van der Waals surface area contributed by atoms with Gasteiger partial charge in [0.15, 0.2) is 5.43 Å². The molecule has 3 aromatic rings. The van der Waals surface area contributed by atoms with E-state index < -0.39 is 5.91 Å². The first-order valence-electron chi connectivity index (χ1n) is 8.62. The number of pyridine rings is 2. The van der Waals surface area contributed by atoms with E-state index in [0.717, 1.165) is 5.56 Å². The quantitative estimate of drug-likeness (QED) is 0.754. The Balaban J connectivity index is 1.79. The Morgan fingerprint density at radius 2 is 1.79 bits per heavy atom. The molecule has 1 aliphatic rings. The lowest BCUT2D eigenvalue weighted by Gasteiger charge is -2.36. The Kier molecular flexibility index (Phi) is 4.36. The Bertz CT molecular complexity index is 1100. The molecule has 3 heterocycles. The van der Waals surface area contributed by atoms with Crippen molar-refractivity contribution < 1.29 is 9.59 Å². The molecule has 1 aromatic carbocycles. The second-order valence-corrected chi connectivity index (χ2v) is 6.37. The Labute approximate surface area is 160 Å². The zero-order chi connectivity index (χ0) is 19.7. The number of nitrogens with two attached hydrogens (primary N) is 1. The average Bonchev–Trinajstić information content (AvgIpc) is 2.70. The molecule has 0 bridgehead atoms. The highest BCUT2D eigenvalue weighted by Crippen LogP contribution is 2.35. The highest BCUT2D eigenvalue weighted by atomic mass is 16.2. The summed E-state index contributed by atoms with van der Waals surface area (Å²) in [4.78, 5) is 43.9. The monoisotopic (exact) mass is 375 g/mol. The van der Waals surface area contributed by atoms with E-state index in [1.807, 2.05) is 6.07 Å². The third-order valence-corrected chi connectivity index (χ3v) is 4.51. The molecule has 2 N–H and O–H groups in total. The molecule has 0 fully saturated rings. The summed E-state index contributed by atoms with van der Waals surface area (Å²) in [6.45, 7) is 0.589. The minimum absolute atomic E-state index is 0.104. The maximum absolute atomic E-state index is 13.3. The van der Waals surface area contributed by atoms with Crippen molar-refractivity contribution in [2.75, 3.05) is 4.90 Å². The largest absolute Gasteiger partial charge is 0.366 e. The zero-order valence-corrected chi connectivity index (χ0v) is 14.9. The predicted molar refractivity (Wildman–Crippen MR) is 103 cm³/mol. The number of hydrogen-bond donors (Lipinski definition) is 1. The van der Waals surface area contributed by atoms with Crippen molar-refractivity contribution in [1.29, 1.82) is 0 Å². The van der Waals surface area contributed by atoms with Crippen molar-refractivity contribution >= 4 is 23.4 Å². The van der Waals surface area contributed by atoms with Gasteiger partial charge in [-0.1, -0.05) is 18.2 Å². The second kappa shape index (κ2) is 6.99. The molecule has 1 aliphatic heterocycles. The highest BCUT2D eigenvalue weighted by Gasteiger charge is 2.34. The summed E-state index contributed by atoms with van der Waals surface area (Å²) in [5.41, 5.74) is 6.86.